The molecule has 1 aliphatic heterocycles. The van der Waals surface area contributed by atoms with Crippen LogP contribution in [0.15, 0.2) is 48.5 Å². The summed E-state index contributed by atoms with van der Waals surface area (Å²) in [7, 11) is 2.07. The van der Waals surface area contributed by atoms with Gasteiger partial charge in [0.25, 0.3) is 0 Å². The maximum Gasteiger partial charge on any atom is 0.122 e. The zero-order chi connectivity index (χ0) is 18.1. The summed E-state index contributed by atoms with van der Waals surface area (Å²) in [5.74, 6) is 0.829. The van der Waals surface area contributed by atoms with E-state index in [4.69, 9.17) is 16.3 Å². The summed E-state index contributed by atoms with van der Waals surface area (Å²) in [6.07, 6.45) is 0.971. The Balaban J connectivity index is 2.03. The van der Waals surface area contributed by atoms with E-state index in [1.165, 1.54) is 0 Å². The molecule has 3 rings (SSSR count). The molecule has 1 saturated heterocycles. The van der Waals surface area contributed by atoms with Crippen molar-refractivity contribution in [2.45, 2.75) is 25.9 Å². The first kappa shape index (κ1) is 18.2. The number of hydrogen-bond acceptors (Lipinski definition) is 3. The maximum absolute atomic E-state index is 11.9. The Morgan fingerprint density at radius 2 is 1.84 bits per heavy atom. The highest BCUT2D eigenvalue weighted by Crippen LogP contribution is 2.50. The molecule has 3 nitrogen and oxygen atoms in total. The SMILES string of the molecule is CCCOc1ccc([C@](O)(c2cccc(Cl)c2)C2(C)CN(C)C2)cc1. The highest BCUT2D eigenvalue weighted by Gasteiger charge is 2.55. The second-order valence-electron chi connectivity index (χ2n) is 7.33. The summed E-state index contributed by atoms with van der Waals surface area (Å²) in [6.45, 7) is 6.56. The molecular weight excluding hydrogens is 334 g/mol. The Morgan fingerprint density at radius 3 is 2.40 bits per heavy atom. The van der Waals surface area contributed by atoms with Crippen LogP contribution in [0, 0.1) is 5.41 Å². The average Bonchev–Trinajstić information content (AvgIpc) is 2.58. The van der Waals surface area contributed by atoms with Crippen LogP contribution in [0.1, 0.15) is 31.4 Å². The van der Waals surface area contributed by atoms with Crippen molar-refractivity contribution in [2.75, 3.05) is 26.7 Å². The number of hydrogen-bond donors (Lipinski definition) is 1. The molecule has 0 saturated carbocycles. The van der Waals surface area contributed by atoms with Gasteiger partial charge >= 0.3 is 0 Å². The summed E-state index contributed by atoms with van der Waals surface area (Å²) in [5, 5.41) is 12.6. The molecule has 2 aromatic carbocycles. The van der Waals surface area contributed by atoms with Gasteiger partial charge in [0.1, 0.15) is 11.4 Å². The van der Waals surface area contributed by atoms with Crippen LogP contribution in [-0.2, 0) is 5.60 Å². The Morgan fingerprint density at radius 1 is 1.16 bits per heavy atom. The quantitative estimate of drug-likeness (QED) is 0.833. The average molecular weight is 360 g/mol. The molecule has 25 heavy (non-hydrogen) atoms. The molecule has 134 valence electrons. The van der Waals surface area contributed by atoms with Crippen LogP contribution in [0.2, 0.25) is 5.02 Å². The second kappa shape index (κ2) is 6.99. The molecule has 0 aliphatic carbocycles. The van der Waals surface area contributed by atoms with Crippen molar-refractivity contribution in [1.29, 1.82) is 0 Å². The van der Waals surface area contributed by atoms with Gasteiger partial charge in [-0.1, -0.05) is 49.7 Å². The van der Waals surface area contributed by atoms with Crippen molar-refractivity contribution in [3.63, 3.8) is 0 Å². The third-order valence-corrected chi connectivity index (χ3v) is 5.33. The molecule has 1 aliphatic rings. The molecule has 0 spiro atoms. The van der Waals surface area contributed by atoms with Gasteiger partial charge in [-0.2, -0.15) is 0 Å². The molecular formula is C21H26ClNO2. The van der Waals surface area contributed by atoms with Crippen LogP contribution >= 0.6 is 11.6 Å². The standard InChI is InChI=1S/C21H26ClNO2/c1-4-12-25-19-10-8-16(9-11-19)21(24,20(2)14-23(3)15-20)17-6-5-7-18(22)13-17/h5-11,13,24H,4,12,14-15H2,1-3H3/t21-/m0/s1. The third-order valence-electron chi connectivity index (χ3n) is 5.10. The van der Waals surface area contributed by atoms with E-state index in [0.717, 1.165) is 36.4 Å². The Labute approximate surface area is 155 Å². The predicted octanol–water partition coefficient (Wildman–Crippen LogP) is 4.32. The fourth-order valence-electron chi connectivity index (χ4n) is 3.96. The molecule has 0 unspecified atom stereocenters. The van der Waals surface area contributed by atoms with Gasteiger partial charge in [0.05, 0.1) is 6.61 Å². The Hall–Kier alpha value is -1.55. The number of likely N-dealkylation sites (tertiary alicyclic amines) is 1. The lowest BCUT2D eigenvalue weighted by molar-refractivity contribution is -0.127. The predicted molar refractivity (Wildman–Crippen MR) is 102 cm³/mol. The largest absolute Gasteiger partial charge is 0.494 e. The van der Waals surface area contributed by atoms with Gasteiger partial charge < -0.3 is 14.7 Å². The van der Waals surface area contributed by atoms with E-state index in [1.807, 2.05) is 48.5 Å². The highest BCUT2D eigenvalue weighted by atomic mass is 35.5. The Bertz CT molecular complexity index is 725. The molecule has 4 heteroatoms. The number of aliphatic hydroxyl groups is 1. The molecule has 2 aromatic rings. The normalized spacial score (nSPS) is 19.1. The first-order valence-corrected chi connectivity index (χ1v) is 9.17. The molecule has 1 heterocycles. The van der Waals surface area contributed by atoms with Crippen LogP contribution in [-0.4, -0.2) is 36.8 Å². The molecule has 0 aromatic heterocycles. The van der Waals surface area contributed by atoms with Gasteiger partial charge in [-0.3, -0.25) is 0 Å². The minimum absolute atomic E-state index is 0.280. The van der Waals surface area contributed by atoms with Crippen LogP contribution in [0.5, 0.6) is 5.75 Å². The zero-order valence-corrected chi connectivity index (χ0v) is 15.9. The maximum atomic E-state index is 11.9. The smallest absolute Gasteiger partial charge is 0.122 e. The fourth-order valence-corrected chi connectivity index (χ4v) is 4.15. The lowest BCUT2D eigenvalue weighted by atomic mass is 9.62. The molecule has 1 atom stereocenters. The lowest BCUT2D eigenvalue weighted by Gasteiger charge is -2.56. The van der Waals surface area contributed by atoms with Crippen molar-refractivity contribution in [3.8, 4) is 5.75 Å². The number of rotatable bonds is 6. The van der Waals surface area contributed by atoms with Gasteiger partial charge in [0.15, 0.2) is 0 Å². The molecule has 1 N–H and O–H groups in total. The number of nitrogens with zero attached hydrogens (tertiary/aromatic N) is 1. The van der Waals surface area contributed by atoms with Gasteiger partial charge in [-0.15, -0.1) is 0 Å². The zero-order valence-electron chi connectivity index (χ0n) is 15.1. The van der Waals surface area contributed by atoms with E-state index in [2.05, 4.69) is 25.8 Å². The monoisotopic (exact) mass is 359 g/mol. The van der Waals surface area contributed by atoms with Crippen molar-refractivity contribution in [1.82, 2.24) is 4.90 Å². The summed E-state index contributed by atoms with van der Waals surface area (Å²) < 4.78 is 5.68. The first-order chi connectivity index (χ1) is 11.9. The van der Waals surface area contributed by atoms with Crippen molar-refractivity contribution < 1.29 is 9.84 Å². The van der Waals surface area contributed by atoms with E-state index in [9.17, 15) is 5.11 Å². The summed E-state index contributed by atoms with van der Waals surface area (Å²) in [4.78, 5) is 2.22. The van der Waals surface area contributed by atoms with Crippen molar-refractivity contribution in [2.24, 2.45) is 5.41 Å². The fraction of sp³-hybridized carbons (Fsp3) is 0.429. The van der Waals surface area contributed by atoms with E-state index in [0.29, 0.717) is 11.6 Å². The minimum Gasteiger partial charge on any atom is -0.494 e. The Kier molecular flexibility index (Phi) is 5.10. The molecule has 1 fully saturated rings. The second-order valence-corrected chi connectivity index (χ2v) is 7.76. The van der Waals surface area contributed by atoms with E-state index >= 15 is 0 Å². The van der Waals surface area contributed by atoms with E-state index in [-0.39, 0.29) is 5.41 Å². The van der Waals surface area contributed by atoms with Gasteiger partial charge in [0.2, 0.25) is 0 Å². The number of benzene rings is 2. The minimum atomic E-state index is -1.10. The van der Waals surface area contributed by atoms with Gasteiger partial charge in [0, 0.05) is 23.5 Å². The van der Waals surface area contributed by atoms with Crippen LogP contribution in [0.4, 0.5) is 0 Å². The van der Waals surface area contributed by atoms with E-state index in [1.54, 1.807) is 0 Å². The summed E-state index contributed by atoms with van der Waals surface area (Å²) in [5.41, 5.74) is 0.318. The lowest BCUT2D eigenvalue weighted by Crippen LogP contribution is -2.63. The van der Waals surface area contributed by atoms with Gasteiger partial charge in [-0.05, 0) is 48.9 Å². The van der Waals surface area contributed by atoms with E-state index < -0.39 is 5.60 Å². The third kappa shape index (κ3) is 3.29. The highest BCUT2D eigenvalue weighted by molar-refractivity contribution is 6.30. The number of halogens is 1. The topological polar surface area (TPSA) is 32.7 Å². The van der Waals surface area contributed by atoms with Gasteiger partial charge in [-0.25, -0.2) is 0 Å². The van der Waals surface area contributed by atoms with Crippen LogP contribution < -0.4 is 4.74 Å². The van der Waals surface area contributed by atoms with Crippen molar-refractivity contribution in [3.05, 3.63) is 64.7 Å². The van der Waals surface area contributed by atoms with Crippen LogP contribution in [0.25, 0.3) is 0 Å². The molecule has 0 radical (unpaired) electrons. The summed E-state index contributed by atoms with van der Waals surface area (Å²) >= 11 is 6.22. The number of ether oxygens (including phenoxy) is 1. The summed E-state index contributed by atoms with van der Waals surface area (Å²) in [6, 6.07) is 15.4. The molecule has 0 bridgehead atoms. The first-order valence-electron chi connectivity index (χ1n) is 8.79. The van der Waals surface area contributed by atoms with Crippen molar-refractivity contribution >= 4 is 11.6 Å². The molecule has 0 amide bonds. The van der Waals surface area contributed by atoms with Crippen LogP contribution in [0.3, 0.4) is 0 Å².